The highest BCUT2D eigenvalue weighted by Gasteiger charge is 2.44. The molecule has 3 amide bonds. The number of halogens is 3. The largest absolute Gasteiger partial charge is 0.416 e. The Hall–Kier alpha value is -3.93. The highest BCUT2D eigenvalue weighted by molar-refractivity contribution is 7.88. The van der Waals surface area contributed by atoms with Gasteiger partial charge in [0.15, 0.2) is 0 Å². The zero-order chi connectivity index (χ0) is 28.4. The van der Waals surface area contributed by atoms with Gasteiger partial charge in [-0.25, -0.2) is 17.9 Å². The van der Waals surface area contributed by atoms with Gasteiger partial charge in [-0.05, 0) is 35.9 Å². The van der Waals surface area contributed by atoms with Crippen LogP contribution in [-0.4, -0.2) is 64.2 Å². The van der Waals surface area contributed by atoms with Crippen molar-refractivity contribution in [1.29, 1.82) is 5.26 Å². The summed E-state index contributed by atoms with van der Waals surface area (Å²) in [5, 5.41) is 14.9. The average molecular weight is 563 g/mol. The van der Waals surface area contributed by atoms with Crippen LogP contribution in [0.15, 0.2) is 59.8 Å². The number of nitrogens with one attached hydrogen (secondary N) is 3. The van der Waals surface area contributed by atoms with Gasteiger partial charge in [-0.15, -0.1) is 0 Å². The van der Waals surface area contributed by atoms with Crippen LogP contribution < -0.4 is 20.3 Å². The molecule has 1 atom stereocenters. The van der Waals surface area contributed by atoms with E-state index in [1.54, 1.807) is 24.3 Å². The van der Waals surface area contributed by atoms with E-state index < -0.39 is 39.7 Å². The fraction of sp³-hybridized carbons (Fsp3) is 0.320. The number of amides is 3. The van der Waals surface area contributed by atoms with Crippen LogP contribution in [0, 0.1) is 11.3 Å². The Morgan fingerprint density at radius 3 is 2.46 bits per heavy atom. The van der Waals surface area contributed by atoms with E-state index in [0.29, 0.717) is 24.2 Å². The monoisotopic (exact) mass is 562 g/mol. The Labute approximate surface area is 223 Å². The van der Waals surface area contributed by atoms with Gasteiger partial charge in [-0.3, -0.25) is 9.69 Å². The molecule has 4 rings (SSSR count). The average Bonchev–Trinajstić information content (AvgIpc) is 3.20. The zero-order valence-corrected chi connectivity index (χ0v) is 21.6. The first-order chi connectivity index (χ1) is 18.4. The molecule has 0 saturated carbocycles. The Kier molecular flexibility index (Phi) is 7.96. The molecule has 0 radical (unpaired) electrons. The number of benzene rings is 2. The normalized spacial score (nSPS) is 17.8. The molecule has 2 aromatic carbocycles. The molecule has 10 nitrogen and oxygen atoms in total. The van der Waals surface area contributed by atoms with Gasteiger partial charge in [0, 0.05) is 26.2 Å². The second-order valence-corrected chi connectivity index (χ2v) is 10.8. The Morgan fingerprint density at radius 2 is 1.82 bits per heavy atom. The standard InChI is InChI=1S/C25H25F3N6O4S/c1-39(37,38)31-10-9-30-11-12-33-15-20-21(23(33)35)22(17-7-5-16(14-29)6-8-17)32-24(36)34(20)19-4-2-3-18(13-19)25(26,27)28/h2-8,13,22,30-31H,9-12,15H2,1H3,(H,32,36). The lowest BCUT2D eigenvalue weighted by atomic mass is 9.94. The van der Waals surface area contributed by atoms with Crippen LogP contribution >= 0.6 is 0 Å². The third-order valence-corrected chi connectivity index (χ3v) is 6.96. The topological polar surface area (TPSA) is 135 Å². The quantitative estimate of drug-likeness (QED) is 0.401. The van der Waals surface area contributed by atoms with Crippen molar-refractivity contribution in [3.05, 3.63) is 76.5 Å². The lowest BCUT2D eigenvalue weighted by Gasteiger charge is -2.33. The summed E-state index contributed by atoms with van der Waals surface area (Å²) in [5.41, 5.74) is 0.437. The second kappa shape index (κ2) is 11.0. The van der Waals surface area contributed by atoms with Crippen LogP contribution in [-0.2, 0) is 21.0 Å². The summed E-state index contributed by atoms with van der Waals surface area (Å²) < 4.78 is 64.9. The maximum absolute atomic E-state index is 13.5. The van der Waals surface area contributed by atoms with Crippen molar-refractivity contribution < 1.29 is 31.2 Å². The van der Waals surface area contributed by atoms with Crippen molar-refractivity contribution in [1.82, 2.24) is 20.3 Å². The van der Waals surface area contributed by atoms with Crippen molar-refractivity contribution in [2.45, 2.75) is 12.2 Å². The summed E-state index contributed by atoms with van der Waals surface area (Å²) in [6, 6.07) is 11.1. The van der Waals surface area contributed by atoms with Crippen molar-refractivity contribution in [2.24, 2.45) is 0 Å². The molecule has 0 fully saturated rings. The highest BCUT2D eigenvalue weighted by Crippen LogP contribution is 2.40. The van der Waals surface area contributed by atoms with E-state index in [2.05, 4.69) is 15.4 Å². The van der Waals surface area contributed by atoms with Crippen LogP contribution in [0.5, 0.6) is 0 Å². The molecular weight excluding hydrogens is 537 g/mol. The van der Waals surface area contributed by atoms with Crippen molar-refractivity contribution >= 4 is 27.6 Å². The van der Waals surface area contributed by atoms with Gasteiger partial charge in [0.1, 0.15) is 0 Å². The van der Waals surface area contributed by atoms with E-state index in [0.717, 1.165) is 23.3 Å². The summed E-state index contributed by atoms with van der Waals surface area (Å²) >= 11 is 0. The van der Waals surface area contributed by atoms with Crippen LogP contribution in [0.2, 0.25) is 0 Å². The van der Waals surface area contributed by atoms with E-state index in [1.165, 1.54) is 17.0 Å². The molecule has 206 valence electrons. The van der Waals surface area contributed by atoms with E-state index in [1.807, 2.05) is 6.07 Å². The number of hydrogen-bond donors (Lipinski definition) is 3. The first-order valence-corrected chi connectivity index (χ1v) is 13.7. The lowest BCUT2D eigenvalue weighted by molar-refractivity contribution is -0.137. The number of sulfonamides is 1. The molecule has 0 aromatic heterocycles. The summed E-state index contributed by atoms with van der Waals surface area (Å²) in [5.74, 6) is -0.396. The highest BCUT2D eigenvalue weighted by atomic mass is 32.2. The lowest BCUT2D eigenvalue weighted by Crippen LogP contribution is -2.47. The minimum Gasteiger partial charge on any atom is -0.332 e. The third kappa shape index (κ3) is 6.39. The number of carbonyl (C=O) groups excluding carboxylic acids is 2. The van der Waals surface area contributed by atoms with Crippen LogP contribution in [0.3, 0.4) is 0 Å². The molecule has 2 aromatic rings. The third-order valence-electron chi connectivity index (χ3n) is 6.23. The maximum atomic E-state index is 13.5. The van der Waals surface area contributed by atoms with Gasteiger partial charge in [0.05, 0.1) is 53.0 Å². The molecule has 3 N–H and O–H groups in total. The molecule has 0 saturated heterocycles. The van der Waals surface area contributed by atoms with E-state index in [-0.39, 0.29) is 36.6 Å². The van der Waals surface area contributed by atoms with Crippen molar-refractivity contribution in [2.75, 3.05) is 43.9 Å². The molecule has 2 aliphatic rings. The fourth-order valence-electron chi connectivity index (χ4n) is 4.43. The fourth-order valence-corrected chi connectivity index (χ4v) is 4.91. The number of hydrogen-bond acceptors (Lipinski definition) is 6. The van der Waals surface area contributed by atoms with Crippen LogP contribution in [0.4, 0.5) is 23.7 Å². The second-order valence-electron chi connectivity index (χ2n) is 9.00. The van der Waals surface area contributed by atoms with Gasteiger partial charge in [-0.2, -0.15) is 18.4 Å². The van der Waals surface area contributed by atoms with Crippen LogP contribution in [0.25, 0.3) is 0 Å². The number of anilines is 1. The molecule has 0 bridgehead atoms. The molecule has 2 heterocycles. The van der Waals surface area contributed by atoms with Gasteiger partial charge in [-0.1, -0.05) is 18.2 Å². The minimum atomic E-state index is -4.63. The van der Waals surface area contributed by atoms with E-state index >= 15 is 0 Å². The Balaban J connectivity index is 1.62. The zero-order valence-electron chi connectivity index (χ0n) is 20.7. The van der Waals surface area contributed by atoms with Gasteiger partial charge >= 0.3 is 12.2 Å². The summed E-state index contributed by atoms with van der Waals surface area (Å²) in [6.07, 6.45) is -3.58. The van der Waals surface area contributed by atoms with Gasteiger partial charge < -0.3 is 15.5 Å². The Morgan fingerprint density at radius 1 is 1.10 bits per heavy atom. The summed E-state index contributed by atoms with van der Waals surface area (Å²) in [4.78, 5) is 29.4. The van der Waals surface area contributed by atoms with Crippen LogP contribution in [0.1, 0.15) is 22.7 Å². The van der Waals surface area contributed by atoms with Crippen molar-refractivity contribution in [3.63, 3.8) is 0 Å². The molecule has 1 unspecified atom stereocenters. The smallest absolute Gasteiger partial charge is 0.332 e. The number of urea groups is 1. The number of carbonyl (C=O) groups is 2. The molecule has 0 aliphatic carbocycles. The number of rotatable bonds is 9. The van der Waals surface area contributed by atoms with Gasteiger partial charge in [0.2, 0.25) is 10.0 Å². The maximum Gasteiger partial charge on any atom is 0.416 e. The number of nitrogens with zero attached hydrogens (tertiary/aromatic N) is 3. The SMILES string of the molecule is CS(=O)(=O)NCCNCCN1CC2=C(C1=O)C(c1ccc(C#N)cc1)NC(=O)N2c1cccc(C(F)(F)F)c1. The van der Waals surface area contributed by atoms with Gasteiger partial charge in [0.25, 0.3) is 5.91 Å². The summed E-state index contributed by atoms with van der Waals surface area (Å²) in [6.45, 7) is 0.962. The first-order valence-electron chi connectivity index (χ1n) is 11.8. The molecule has 14 heteroatoms. The number of alkyl halides is 3. The minimum absolute atomic E-state index is 0.0200. The first kappa shape index (κ1) is 28.1. The number of nitriles is 1. The summed E-state index contributed by atoms with van der Waals surface area (Å²) in [7, 11) is -3.33. The van der Waals surface area contributed by atoms with E-state index in [4.69, 9.17) is 5.26 Å². The Bertz CT molecular complexity index is 1450. The predicted molar refractivity (Wildman–Crippen MR) is 136 cm³/mol. The predicted octanol–water partition coefficient (Wildman–Crippen LogP) is 2.08. The molecule has 0 spiro atoms. The van der Waals surface area contributed by atoms with E-state index in [9.17, 15) is 31.2 Å². The molecule has 39 heavy (non-hydrogen) atoms. The molecular formula is C25H25F3N6O4S. The molecule has 2 aliphatic heterocycles. The van der Waals surface area contributed by atoms with Crippen molar-refractivity contribution in [3.8, 4) is 6.07 Å².